The van der Waals surface area contributed by atoms with Crippen LogP contribution in [0.3, 0.4) is 0 Å². The molecule has 0 aliphatic heterocycles. The highest BCUT2D eigenvalue weighted by Crippen LogP contribution is 2.15. The van der Waals surface area contributed by atoms with E-state index in [1.165, 1.54) is 6.07 Å². The summed E-state index contributed by atoms with van der Waals surface area (Å²) in [4.78, 5) is 11.8. The Bertz CT molecular complexity index is 436. The van der Waals surface area contributed by atoms with E-state index in [0.717, 1.165) is 18.4 Å². The molecule has 2 N–H and O–H groups in total. The van der Waals surface area contributed by atoms with Crippen LogP contribution in [0.4, 0.5) is 0 Å². The summed E-state index contributed by atoms with van der Waals surface area (Å²) < 4.78 is 0. The van der Waals surface area contributed by atoms with Gasteiger partial charge in [-0.2, -0.15) is 5.26 Å². The molecule has 17 heavy (non-hydrogen) atoms. The number of aryl methyl sites for hydroxylation is 1. The minimum absolute atomic E-state index is 0.139. The smallest absolute Gasteiger partial charge is 0.251 e. The number of benzene rings is 1. The van der Waals surface area contributed by atoms with Crippen LogP contribution in [0, 0.1) is 18.3 Å². The Hall–Kier alpha value is -2.02. The maximum Gasteiger partial charge on any atom is 0.251 e. The van der Waals surface area contributed by atoms with E-state index in [9.17, 15) is 9.90 Å². The molecule has 0 radical (unpaired) electrons. The van der Waals surface area contributed by atoms with Crippen molar-refractivity contribution in [3.05, 3.63) is 29.3 Å². The predicted molar refractivity (Wildman–Crippen MR) is 64.6 cm³/mol. The number of phenolic OH excluding ortho intramolecular Hbond substituents is 1. The molecule has 0 fully saturated rings. The van der Waals surface area contributed by atoms with Crippen molar-refractivity contribution in [1.29, 1.82) is 5.26 Å². The lowest BCUT2D eigenvalue weighted by atomic mass is 10.1. The quantitative estimate of drug-likeness (QED) is 0.764. The Kier molecular flexibility index (Phi) is 5.02. The van der Waals surface area contributed by atoms with Gasteiger partial charge in [-0.15, -0.1) is 0 Å². The van der Waals surface area contributed by atoms with Crippen LogP contribution >= 0.6 is 0 Å². The largest absolute Gasteiger partial charge is 0.508 e. The summed E-state index contributed by atoms with van der Waals surface area (Å²) in [7, 11) is 0. The molecule has 1 aromatic carbocycles. The normalized spacial score (nSPS) is 9.65. The van der Waals surface area contributed by atoms with Crippen LogP contribution in [0.1, 0.15) is 35.2 Å². The SMILES string of the molecule is Cc1cc(O)ccc1C(=O)NCCCCC#N. The lowest BCUT2D eigenvalue weighted by molar-refractivity contribution is 0.0952. The number of carbonyl (C=O) groups excluding carboxylic acids is 1. The first-order valence-electron chi connectivity index (χ1n) is 5.60. The average molecular weight is 232 g/mol. The lowest BCUT2D eigenvalue weighted by Crippen LogP contribution is -2.25. The van der Waals surface area contributed by atoms with Gasteiger partial charge in [-0.1, -0.05) is 0 Å². The summed E-state index contributed by atoms with van der Waals surface area (Å²) >= 11 is 0. The molecule has 0 aromatic heterocycles. The summed E-state index contributed by atoms with van der Waals surface area (Å²) in [5.41, 5.74) is 1.32. The summed E-state index contributed by atoms with van der Waals surface area (Å²) in [5, 5.41) is 20.4. The van der Waals surface area contributed by atoms with Crippen molar-refractivity contribution in [2.24, 2.45) is 0 Å². The van der Waals surface area contributed by atoms with E-state index in [4.69, 9.17) is 5.26 Å². The van der Waals surface area contributed by atoms with Crippen molar-refractivity contribution in [2.75, 3.05) is 6.54 Å². The van der Waals surface area contributed by atoms with Gasteiger partial charge in [-0.25, -0.2) is 0 Å². The third-order valence-electron chi connectivity index (χ3n) is 2.46. The molecule has 4 heteroatoms. The number of aromatic hydroxyl groups is 1. The lowest BCUT2D eigenvalue weighted by Gasteiger charge is -2.07. The van der Waals surface area contributed by atoms with Crippen molar-refractivity contribution in [1.82, 2.24) is 5.32 Å². The van der Waals surface area contributed by atoms with Gasteiger partial charge >= 0.3 is 0 Å². The molecule has 0 unspecified atom stereocenters. The van der Waals surface area contributed by atoms with Crippen molar-refractivity contribution < 1.29 is 9.90 Å². The maximum absolute atomic E-state index is 11.8. The maximum atomic E-state index is 11.8. The molecular weight excluding hydrogens is 216 g/mol. The molecule has 4 nitrogen and oxygen atoms in total. The zero-order valence-corrected chi connectivity index (χ0v) is 9.86. The molecule has 1 rings (SSSR count). The van der Waals surface area contributed by atoms with E-state index in [0.29, 0.717) is 18.5 Å². The summed E-state index contributed by atoms with van der Waals surface area (Å²) in [6.45, 7) is 2.35. The average Bonchev–Trinajstić information content (AvgIpc) is 2.28. The van der Waals surface area contributed by atoms with Crippen LogP contribution in [-0.4, -0.2) is 17.6 Å². The molecule has 0 aliphatic rings. The molecular formula is C13H16N2O2. The highest BCUT2D eigenvalue weighted by molar-refractivity contribution is 5.95. The fraction of sp³-hybridized carbons (Fsp3) is 0.385. The fourth-order valence-corrected chi connectivity index (χ4v) is 1.53. The van der Waals surface area contributed by atoms with E-state index in [2.05, 4.69) is 11.4 Å². The Balaban J connectivity index is 2.45. The van der Waals surface area contributed by atoms with Crippen molar-refractivity contribution in [3.8, 4) is 11.8 Å². The molecule has 0 saturated heterocycles. The number of nitrogens with zero attached hydrogens (tertiary/aromatic N) is 1. The first-order chi connectivity index (χ1) is 8.15. The highest BCUT2D eigenvalue weighted by Gasteiger charge is 2.08. The molecule has 0 aliphatic carbocycles. The number of hydrogen-bond donors (Lipinski definition) is 2. The highest BCUT2D eigenvalue weighted by atomic mass is 16.3. The molecule has 0 heterocycles. The number of phenols is 1. The number of carbonyl (C=O) groups is 1. The number of hydrogen-bond acceptors (Lipinski definition) is 3. The van der Waals surface area contributed by atoms with Crippen molar-refractivity contribution in [3.63, 3.8) is 0 Å². The second-order valence-corrected chi connectivity index (χ2v) is 3.87. The van der Waals surface area contributed by atoms with Gasteiger partial charge in [0.05, 0.1) is 6.07 Å². The van der Waals surface area contributed by atoms with Crippen LogP contribution < -0.4 is 5.32 Å². The monoisotopic (exact) mass is 232 g/mol. The molecule has 0 atom stereocenters. The summed E-state index contributed by atoms with van der Waals surface area (Å²) in [5.74, 6) is 0.0209. The third kappa shape index (κ3) is 4.15. The van der Waals surface area contributed by atoms with E-state index >= 15 is 0 Å². The van der Waals surface area contributed by atoms with Gasteiger partial charge in [0.25, 0.3) is 5.91 Å². The van der Waals surface area contributed by atoms with Crippen LogP contribution in [0.2, 0.25) is 0 Å². The van der Waals surface area contributed by atoms with Gasteiger partial charge in [-0.3, -0.25) is 4.79 Å². The molecule has 0 saturated carbocycles. The van der Waals surface area contributed by atoms with Gasteiger partial charge in [0.1, 0.15) is 5.75 Å². The van der Waals surface area contributed by atoms with Crippen LogP contribution in [0.15, 0.2) is 18.2 Å². The second-order valence-electron chi connectivity index (χ2n) is 3.87. The van der Waals surface area contributed by atoms with Crippen molar-refractivity contribution in [2.45, 2.75) is 26.2 Å². The summed E-state index contributed by atoms with van der Waals surface area (Å²) in [6.07, 6.45) is 2.12. The van der Waals surface area contributed by atoms with Gasteiger partial charge in [0.2, 0.25) is 0 Å². The van der Waals surface area contributed by atoms with Crippen LogP contribution in [0.25, 0.3) is 0 Å². The minimum Gasteiger partial charge on any atom is -0.508 e. The first-order valence-corrected chi connectivity index (χ1v) is 5.60. The van der Waals surface area contributed by atoms with Gasteiger partial charge in [-0.05, 0) is 43.5 Å². The van der Waals surface area contributed by atoms with E-state index < -0.39 is 0 Å². The Labute approximate surface area is 101 Å². The molecule has 0 spiro atoms. The molecule has 1 amide bonds. The van der Waals surface area contributed by atoms with E-state index in [1.807, 2.05) is 0 Å². The Morgan fingerprint density at radius 3 is 2.88 bits per heavy atom. The Morgan fingerprint density at radius 2 is 2.24 bits per heavy atom. The molecule has 90 valence electrons. The number of nitrogens with one attached hydrogen (secondary N) is 1. The number of unbranched alkanes of at least 4 members (excludes halogenated alkanes) is 2. The van der Waals surface area contributed by atoms with Gasteiger partial charge < -0.3 is 10.4 Å². The number of nitriles is 1. The van der Waals surface area contributed by atoms with Gasteiger partial charge in [0, 0.05) is 18.5 Å². The van der Waals surface area contributed by atoms with Crippen LogP contribution in [0.5, 0.6) is 5.75 Å². The van der Waals surface area contributed by atoms with Crippen molar-refractivity contribution >= 4 is 5.91 Å². The van der Waals surface area contributed by atoms with E-state index in [1.54, 1.807) is 19.1 Å². The number of amides is 1. The Morgan fingerprint density at radius 1 is 1.47 bits per heavy atom. The predicted octanol–water partition coefficient (Wildman–Crippen LogP) is 2.12. The molecule has 0 bridgehead atoms. The number of rotatable bonds is 5. The third-order valence-corrected chi connectivity index (χ3v) is 2.46. The topological polar surface area (TPSA) is 73.1 Å². The zero-order chi connectivity index (χ0) is 12.7. The zero-order valence-electron chi connectivity index (χ0n) is 9.86. The second kappa shape index (κ2) is 6.54. The first kappa shape index (κ1) is 13.0. The summed E-state index contributed by atoms with van der Waals surface area (Å²) in [6, 6.07) is 6.73. The fourth-order valence-electron chi connectivity index (χ4n) is 1.53. The standard InChI is InChI=1S/C13H16N2O2/c1-10-9-11(16)5-6-12(10)13(17)15-8-4-2-3-7-14/h5-6,9,16H,2-4,8H2,1H3,(H,15,17). The van der Waals surface area contributed by atoms with E-state index in [-0.39, 0.29) is 11.7 Å². The van der Waals surface area contributed by atoms with Gasteiger partial charge in [0.15, 0.2) is 0 Å². The van der Waals surface area contributed by atoms with Crippen LogP contribution in [-0.2, 0) is 0 Å². The minimum atomic E-state index is -0.139. The molecule has 1 aromatic rings.